The molecule has 0 N–H and O–H groups in total. The third-order valence-electron chi connectivity index (χ3n) is 2.66. The van der Waals surface area contributed by atoms with Crippen molar-refractivity contribution in [1.29, 1.82) is 0 Å². The lowest BCUT2D eigenvalue weighted by Gasteiger charge is -1.96. The molecule has 1 rings (SSSR count). The van der Waals surface area contributed by atoms with Crippen molar-refractivity contribution in [3.63, 3.8) is 0 Å². The summed E-state index contributed by atoms with van der Waals surface area (Å²) >= 11 is 0. The van der Waals surface area contributed by atoms with E-state index in [1.165, 1.54) is 25.7 Å². The quantitative estimate of drug-likeness (QED) is 0.571. The lowest BCUT2D eigenvalue weighted by molar-refractivity contribution is 0.598. The molecule has 20 heavy (non-hydrogen) atoms. The molecule has 0 fully saturated rings. The Morgan fingerprint density at radius 2 is 1.35 bits per heavy atom. The van der Waals surface area contributed by atoms with E-state index in [0.29, 0.717) is 10.6 Å². The first-order chi connectivity index (χ1) is 9.57. The summed E-state index contributed by atoms with van der Waals surface area (Å²) in [5.41, 5.74) is 0. The molecule has 0 bridgehead atoms. The van der Waals surface area contributed by atoms with E-state index >= 15 is 0 Å². The Kier molecular flexibility index (Phi) is 12.5. The summed E-state index contributed by atoms with van der Waals surface area (Å²) in [7, 11) is -4.52. The predicted octanol–water partition coefficient (Wildman–Crippen LogP) is 2.62. The van der Waals surface area contributed by atoms with Crippen LogP contribution in [0.1, 0.15) is 45.4 Å². The number of hydrogen-bond donors (Lipinski definition) is 2. The van der Waals surface area contributed by atoms with Crippen molar-refractivity contribution >= 4 is 21.4 Å². The van der Waals surface area contributed by atoms with Gasteiger partial charge in [-0.05, 0) is 18.6 Å². The molecule has 6 heteroatoms. The fourth-order valence-corrected chi connectivity index (χ4v) is 2.47. The van der Waals surface area contributed by atoms with E-state index in [-0.39, 0.29) is 0 Å². The molecule has 0 radical (unpaired) electrons. The highest BCUT2D eigenvalue weighted by atomic mass is 32.2. The average Bonchev–Trinajstić information content (AvgIpc) is 2.44. The van der Waals surface area contributed by atoms with Crippen LogP contribution >= 0.6 is 0 Å². The van der Waals surface area contributed by atoms with Crippen LogP contribution in [0.5, 0.6) is 0 Å². The molecule has 4 nitrogen and oxygen atoms in total. The van der Waals surface area contributed by atoms with Crippen molar-refractivity contribution < 1.29 is 16.8 Å². The Hall–Kier alpha value is -0.880. The van der Waals surface area contributed by atoms with Crippen LogP contribution in [0.3, 0.4) is 0 Å². The number of unbranched alkanes of at least 4 members (excludes halogenated alkanes) is 5. The molecule has 0 saturated carbocycles. The van der Waals surface area contributed by atoms with Crippen molar-refractivity contribution in [1.82, 2.24) is 0 Å². The topological polar surface area (TPSA) is 68.3 Å². The first-order valence-electron chi connectivity index (χ1n) is 6.89. The normalized spacial score (nSPS) is 10.3. The summed E-state index contributed by atoms with van der Waals surface area (Å²) in [6, 6.07) is 8.29. The smallest absolute Gasteiger partial charge is 0.168 e. The minimum absolute atomic E-state index is 0.368. The molecule has 0 atom stereocenters. The Morgan fingerprint density at radius 1 is 0.800 bits per heavy atom. The number of rotatable bonds is 8. The minimum atomic E-state index is -2.40. The van der Waals surface area contributed by atoms with E-state index in [1.807, 2.05) is 0 Å². The molecule has 0 saturated heterocycles. The molecular formula is C14H24O4S2. The van der Waals surface area contributed by atoms with Crippen molar-refractivity contribution in [2.45, 2.75) is 50.3 Å². The van der Waals surface area contributed by atoms with Gasteiger partial charge in [0.25, 0.3) is 0 Å². The van der Waals surface area contributed by atoms with Crippen molar-refractivity contribution in [3.05, 3.63) is 30.3 Å². The van der Waals surface area contributed by atoms with Crippen LogP contribution < -0.4 is 0 Å². The van der Waals surface area contributed by atoms with Gasteiger partial charge in [-0.25, -0.2) is 16.8 Å². The van der Waals surface area contributed by atoms with Crippen LogP contribution in [0.4, 0.5) is 0 Å². The van der Waals surface area contributed by atoms with Gasteiger partial charge >= 0.3 is 0 Å². The first-order valence-corrected chi connectivity index (χ1v) is 9.43. The maximum Gasteiger partial charge on any atom is 0.168 e. The molecule has 0 aromatic heterocycles. The average molecular weight is 320 g/mol. The highest BCUT2D eigenvalue weighted by Crippen LogP contribution is 2.04. The largest absolute Gasteiger partial charge is 0.232 e. The maximum absolute atomic E-state index is 10.2. The lowest BCUT2D eigenvalue weighted by Crippen LogP contribution is -1.87. The van der Waals surface area contributed by atoms with Gasteiger partial charge in [-0.2, -0.15) is 0 Å². The van der Waals surface area contributed by atoms with Crippen molar-refractivity contribution in [3.8, 4) is 0 Å². The second-order valence-corrected chi connectivity index (χ2v) is 6.56. The Morgan fingerprint density at radius 3 is 1.80 bits per heavy atom. The van der Waals surface area contributed by atoms with Crippen molar-refractivity contribution in [2.75, 3.05) is 5.75 Å². The van der Waals surface area contributed by atoms with E-state index in [9.17, 15) is 16.8 Å². The molecule has 1 aromatic rings. The van der Waals surface area contributed by atoms with E-state index < -0.39 is 21.4 Å². The molecule has 0 aliphatic rings. The molecule has 0 unspecified atom stereocenters. The molecule has 0 spiro atoms. The van der Waals surface area contributed by atoms with Gasteiger partial charge in [0, 0.05) is 5.75 Å². The van der Waals surface area contributed by atoms with Crippen LogP contribution in [-0.4, -0.2) is 22.6 Å². The molecule has 0 aliphatic heterocycles. The summed E-state index contributed by atoms with van der Waals surface area (Å²) in [5.74, 6) is 0.376. The summed E-state index contributed by atoms with van der Waals surface area (Å²) in [4.78, 5) is 0.368. The monoisotopic (exact) mass is 320 g/mol. The molecule has 1 aromatic carbocycles. The second kappa shape index (κ2) is 13.1. The van der Waals surface area contributed by atoms with Crippen LogP contribution in [0, 0.1) is 0 Å². The molecule has 0 aliphatic carbocycles. The van der Waals surface area contributed by atoms with Crippen LogP contribution in [-0.2, 0) is 21.4 Å². The number of thiol groups is 2. The molecule has 0 heterocycles. The van der Waals surface area contributed by atoms with Crippen LogP contribution in [0.15, 0.2) is 35.2 Å². The Bertz CT molecular complexity index is 463. The lowest BCUT2D eigenvalue weighted by atomic mass is 10.1. The highest BCUT2D eigenvalue weighted by molar-refractivity contribution is 7.72. The van der Waals surface area contributed by atoms with Gasteiger partial charge in [-0.1, -0.05) is 57.2 Å². The van der Waals surface area contributed by atoms with E-state index in [1.54, 1.807) is 30.3 Å². The zero-order valence-corrected chi connectivity index (χ0v) is 13.7. The van der Waals surface area contributed by atoms with Crippen molar-refractivity contribution in [2.24, 2.45) is 0 Å². The van der Waals surface area contributed by atoms with Gasteiger partial charge in [0.2, 0.25) is 0 Å². The fraction of sp³-hybridized carbons (Fsp3) is 0.571. The Labute approximate surface area is 125 Å². The van der Waals surface area contributed by atoms with Gasteiger partial charge in [0.15, 0.2) is 10.7 Å². The number of hydrogen-bond acceptors (Lipinski definition) is 4. The predicted molar refractivity (Wildman–Crippen MR) is 83.6 cm³/mol. The summed E-state index contributed by atoms with van der Waals surface area (Å²) in [6.45, 7) is 2.18. The van der Waals surface area contributed by atoms with Gasteiger partial charge in [0.1, 0.15) is 10.7 Å². The first kappa shape index (κ1) is 19.1. The van der Waals surface area contributed by atoms with Crippen LogP contribution in [0.25, 0.3) is 0 Å². The van der Waals surface area contributed by atoms with E-state index in [2.05, 4.69) is 6.92 Å². The van der Waals surface area contributed by atoms with Gasteiger partial charge in [0.05, 0.1) is 4.90 Å². The summed E-state index contributed by atoms with van der Waals surface area (Å²) in [5, 5.41) is 0. The van der Waals surface area contributed by atoms with E-state index in [4.69, 9.17) is 0 Å². The molecule has 0 amide bonds. The summed E-state index contributed by atoms with van der Waals surface area (Å²) in [6.07, 6.45) is 6.90. The Balaban J connectivity index is 0.000000367. The zero-order valence-electron chi connectivity index (χ0n) is 11.9. The molecule has 116 valence electrons. The SMILES string of the molecule is CCCCCCCC[SH](=O)=O.O=[SH](=O)c1ccccc1. The minimum Gasteiger partial charge on any atom is -0.232 e. The zero-order chi connectivity index (χ0) is 15.2. The highest BCUT2D eigenvalue weighted by Gasteiger charge is 1.90. The van der Waals surface area contributed by atoms with Gasteiger partial charge in [-0.15, -0.1) is 0 Å². The maximum atomic E-state index is 10.2. The number of benzene rings is 1. The van der Waals surface area contributed by atoms with Gasteiger partial charge < -0.3 is 0 Å². The van der Waals surface area contributed by atoms with Crippen LogP contribution in [0.2, 0.25) is 0 Å². The third-order valence-corrected chi connectivity index (χ3v) is 4.06. The summed E-state index contributed by atoms with van der Waals surface area (Å²) < 4.78 is 40.7. The molecular weight excluding hydrogens is 296 g/mol. The fourth-order valence-electron chi connectivity index (χ4n) is 1.57. The standard InChI is InChI=1S/C8H18O2S.C6H6O2S/c1-2-3-4-5-6-7-8-11(9)10;7-9(8)6-4-2-1-3-5-6/h11H,2-8H2,1H3;1-5,9H. The van der Waals surface area contributed by atoms with Gasteiger partial charge in [-0.3, -0.25) is 0 Å². The third kappa shape index (κ3) is 12.2. The second-order valence-electron chi connectivity index (χ2n) is 4.42. The van der Waals surface area contributed by atoms with E-state index in [0.717, 1.165) is 12.8 Å².